The average molecular weight is 276 g/mol. The minimum atomic E-state index is 0.410. The monoisotopic (exact) mass is 275 g/mol. The molecule has 1 aromatic rings. The molecule has 1 saturated heterocycles. The third kappa shape index (κ3) is 4.18. The molecule has 19 heavy (non-hydrogen) atoms. The topological polar surface area (TPSA) is 3.24 Å². The lowest BCUT2D eigenvalue weighted by Gasteiger charge is -2.39. The van der Waals surface area contributed by atoms with Gasteiger partial charge in [0.05, 0.1) is 6.04 Å². The molecule has 0 spiro atoms. The second-order valence-electron chi connectivity index (χ2n) is 5.11. The molecule has 1 aromatic carbocycles. The second kappa shape index (κ2) is 7.46. The number of unbranched alkanes of at least 4 members (excludes halogenated alkanes) is 4. The Morgan fingerprint density at radius 2 is 2.00 bits per heavy atom. The van der Waals surface area contributed by atoms with E-state index in [0.717, 1.165) is 18.0 Å². The van der Waals surface area contributed by atoms with Gasteiger partial charge < -0.3 is 4.90 Å². The van der Waals surface area contributed by atoms with Crippen molar-refractivity contribution in [2.75, 3.05) is 11.4 Å². The van der Waals surface area contributed by atoms with Crippen LogP contribution >= 0.6 is 11.6 Å². The van der Waals surface area contributed by atoms with Gasteiger partial charge in [-0.3, -0.25) is 0 Å². The minimum Gasteiger partial charge on any atom is -0.357 e. The van der Waals surface area contributed by atoms with E-state index in [1.54, 1.807) is 0 Å². The summed E-state index contributed by atoms with van der Waals surface area (Å²) in [6.07, 6.45) is 7.42. The zero-order valence-electron chi connectivity index (χ0n) is 11.7. The van der Waals surface area contributed by atoms with Gasteiger partial charge in [0.1, 0.15) is 0 Å². The van der Waals surface area contributed by atoms with E-state index in [1.165, 1.54) is 37.8 Å². The largest absolute Gasteiger partial charge is 0.357 e. The van der Waals surface area contributed by atoms with Crippen molar-refractivity contribution < 1.29 is 0 Å². The van der Waals surface area contributed by atoms with Gasteiger partial charge in [-0.15, -0.1) is 5.92 Å². The van der Waals surface area contributed by atoms with Crippen LogP contribution in [0, 0.1) is 11.8 Å². The summed E-state index contributed by atoms with van der Waals surface area (Å²) in [5, 5.41) is 0.794. The Bertz CT molecular complexity index is 441. The molecule has 1 aliphatic heterocycles. The fraction of sp³-hybridized carbons (Fsp3) is 0.529. The van der Waals surface area contributed by atoms with Crippen LogP contribution < -0.4 is 4.90 Å². The fourth-order valence-electron chi connectivity index (χ4n) is 2.31. The van der Waals surface area contributed by atoms with Gasteiger partial charge in [0.25, 0.3) is 0 Å². The summed E-state index contributed by atoms with van der Waals surface area (Å²) in [6.45, 7) is 3.35. The number of nitrogens with zero attached hydrogens (tertiary/aromatic N) is 1. The van der Waals surface area contributed by atoms with Gasteiger partial charge in [0, 0.05) is 23.7 Å². The van der Waals surface area contributed by atoms with E-state index in [1.807, 2.05) is 12.1 Å². The predicted octanol–water partition coefficient (Wildman–Crippen LogP) is 4.89. The smallest absolute Gasteiger partial charge is 0.0920 e. The summed E-state index contributed by atoms with van der Waals surface area (Å²) >= 11 is 5.91. The first kappa shape index (κ1) is 14.3. The zero-order chi connectivity index (χ0) is 13.5. The van der Waals surface area contributed by atoms with Gasteiger partial charge in [0.15, 0.2) is 0 Å². The Morgan fingerprint density at radius 1 is 1.21 bits per heavy atom. The molecule has 102 valence electrons. The van der Waals surface area contributed by atoms with Gasteiger partial charge in [-0.1, -0.05) is 43.7 Å². The lowest BCUT2D eigenvalue weighted by atomic mass is 10.0. The van der Waals surface area contributed by atoms with E-state index < -0.39 is 0 Å². The molecule has 1 fully saturated rings. The van der Waals surface area contributed by atoms with Crippen LogP contribution in [0.1, 0.15) is 45.4 Å². The number of halogens is 1. The molecule has 0 saturated carbocycles. The molecule has 1 aliphatic rings. The molecule has 2 heteroatoms. The SMILES string of the molecule is CCCCCCC#CC1CCN1c1ccc(Cl)cc1. The third-order valence-corrected chi connectivity index (χ3v) is 3.85. The van der Waals surface area contributed by atoms with E-state index in [9.17, 15) is 0 Å². The molecule has 0 N–H and O–H groups in total. The Labute approximate surface area is 122 Å². The maximum Gasteiger partial charge on any atom is 0.0920 e. The minimum absolute atomic E-state index is 0.410. The Hall–Kier alpha value is -1.13. The Morgan fingerprint density at radius 3 is 2.63 bits per heavy atom. The molecule has 0 bridgehead atoms. The van der Waals surface area contributed by atoms with Crippen molar-refractivity contribution >= 4 is 17.3 Å². The molecule has 2 rings (SSSR count). The standard InChI is InChI=1S/C17H22ClN/c1-2-3-4-5-6-7-8-16-13-14-19(16)17-11-9-15(18)10-12-17/h9-12,16H,2-6,13-14H2,1H3. The highest BCUT2D eigenvalue weighted by Gasteiger charge is 2.25. The second-order valence-corrected chi connectivity index (χ2v) is 5.54. The molecule has 1 nitrogen and oxygen atoms in total. The van der Waals surface area contributed by atoms with Crippen molar-refractivity contribution in [2.24, 2.45) is 0 Å². The summed E-state index contributed by atoms with van der Waals surface area (Å²) in [5.74, 6) is 6.74. The summed E-state index contributed by atoms with van der Waals surface area (Å²) in [6, 6.07) is 8.47. The van der Waals surface area contributed by atoms with Crippen LogP contribution in [0.4, 0.5) is 5.69 Å². The summed E-state index contributed by atoms with van der Waals surface area (Å²) in [7, 11) is 0. The average Bonchev–Trinajstić information content (AvgIpc) is 2.39. The first-order valence-electron chi connectivity index (χ1n) is 7.32. The molecule has 0 aliphatic carbocycles. The number of anilines is 1. The van der Waals surface area contributed by atoms with Crippen molar-refractivity contribution in [3.8, 4) is 11.8 Å². The molecule has 1 heterocycles. The molecular weight excluding hydrogens is 254 g/mol. The number of benzene rings is 1. The number of rotatable bonds is 5. The zero-order valence-corrected chi connectivity index (χ0v) is 12.4. The van der Waals surface area contributed by atoms with Crippen molar-refractivity contribution in [1.82, 2.24) is 0 Å². The Balaban J connectivity index is 1.79. The van der Waals surface area contributed by atoms with E-state index in [-0.39, 0.29) is 0 Å². The van der Waals surface area contributed by atoms with Crippen LogP contribution in [0.15, 0.2) is 24.3 Å². The summed E-state index contributed by atoms with van der Waals surface area (Å²) < 4.78 is 0. The molecule has 0 radical (unpaired) electrons. The highest BCUT2D eigenvalue weighted by atomic mass is 35.5. The summed E-state index contributed by atoms with van der Waals surface area (Å²) in [5.41, 5.74) is 1.24. The van der Waals surface area contributed by atoms with Crippen molar-refractivity contribution in [2.45, 2.75) is 51.5 Å². The maximum atomic E-state index is 5.91. The maximum absolute atomic E-state index is 5.91. The highest BCUT2D eigenvalue weighted by molar-refractivity contribution is 6.30. The van der Waals surface area contributed by atoms with Gasteiger partial charge in [-0.05, 0) is 37.1 Å². The van der Waals surface area contributed by atoms with E-state index in [4.69, 9.17) is 11.6 Å². The highest BCUT2D eigenvalue weighted by Crippen LogP contribution is 2.27. The quantitative estimate of drug-likeness (QED) is 0.546. The van der Waals surface area contributed by atoms with Crippen LogP contribution in [0.2, 0.25) is 5.02 Å². The molecule has 0 aromatic heterocycles. The molecule has 0 amide bonds. The van der Waals surface area contributed by atoms with Crippen LogP contribution in [-0.2, 0) is 0 Å². The molecule has 1 unspecified atom stereocenters. The van der Waals surface area contributed by atoms with Crippen molar-refractivity contribution in [1.29, 1.82) is 0 Å². The number of hydrogen-bond donors (Lipinski definition) is 0. The van der Waals surface area contributed by atoms with Gasteiger partial charge in [0.2, 0.25) is 0 Å². The van der Waals surface area contributed by atoms with Crippen LogP contribution in [-0.4, -0.2) is 12.6 Å². The van der Waals surface area contributed by atoms with E-state index >= 15 is 0 Å². The van der Waals surface area contributed by atoms with Crippen LogP contribution in [0.3, 0.4) is 0 Å². The van der Waals surface area contributed by atoms with Crippen molar-refractivity contribution in [3.05, 3.63) is 29.3 Å². The first-order valence-corrected chi connectivity index (χ1v) is 7.69. The fourth-order valence-corrected chi connectivity index (χ4v) is 2.44. The summed E-state index contributed by atoms with van der Waals surface area (Å²) in [4.78, 5) is 2.36. The number of hydrogen-bond acceptors (Lipinski definition) is 1. The first-order chi connectivity index (χ1) is 9.31. The van der Waals surface area contributed by atoms with Gasteiger partial charge in [-0.2, -0.15) is 0 Å². The van der Waals surface area contributed by atoms with Crippen molar-refractivity contribution in [3.63, 3.8) is 0 Å². The van der Waals surface area contributed by atoms with E-state index in [2.05, 4.69) is 35.8 Å². The predicted molar refractivity (Wildman–Crippen MR) is 83.7 cm³/mol. The van der Waals surface area contributed by atoms with Gasteiger partial charge >= 0.3 is 0 Å². The van der Waals surface area contributed by atoms with Gasteiger partial charge in [-0.25, -0.2) is 0 Å². The lowest BCUT2D eigenvalue weighted by Crippen LogP contribution is -2.46. The Kier molecular flexibility index (Phi) is 5.61. The molecule has 1 atom stereocenters. The van der Waals surface area contributed by atoms with E-state index in [0.29, 0.717) is 6.04 Å². The third-order valence-electron chi connectivity index (χ3n) is 3.60. The normalized spacial score (nSPS) is 17.6. The lowest BCUT2D eigenvalue weighted by molar-refractivity contribution is 0.535. The van der Waals surface area contributed by atoms with Crippen LogP contribution in [0.5, 0.6) is 0 Å². The van der Waals surface area contributed by atoms with Crippen LogP contribution in [0.25, 0.3) is 0 Å². The molecular formula is C17H22ClN.